The van der Waals surface area contributed by atoms with Gasteiger partial charge in [-0.1, -0.05) is 24.3 Å². The molecule has 0 radical (unpaired) electrons. The fourth-order valence-electron chi connectivity index (χ4n) is 1.63. The van der Waals surface area contributed by atoms with Crippen molar-refractivity contribution in [1.82, 2.24) is 0 Å². The van der Waals surface area contributed by atoms with Gasteiger partial charge >= 0.3 is 0 Å². The lowest BCUT2D eigenvalue weighted by atomic mass is 10.1. The van der Waals surface area contributed by atoms with Gasteiger partial charge in [0.25, 0.3) is 5.91 Å². The summed E-state index contributed by atoms with van der Waals surface area (Å²) in [4.78, 5) is 12.1. The molecular weight excluding hydrogens is 230 g/mol. The molecule has 92 valence electrons. The van der Waals surface area contributed by atoms with Crippen LogP contribution in [0.1, 0.15) is 10.4 Å². The van der Waals surface area contributed by atoms with Crippen molar-refractivity contribution >= 4 is 11.6 Å². The van der Waals surface area contributed by atoms with E-state index in [0.717, 1.165) is 0 Å². The van der Waals surface area contributed by atoms with E-state index in [4.69, 9.17) is 4.74 Å². The molecule has 0 saturated heterocycles. The van der Waals surface area contributed by atoms with E-state index in [1.54, 1.807) is 24.3 Å². The number of nitrogens with one attached hydrogen (secondary N) is 1. The van der Waals surface area contributed by atoms with Crippen molar-refractivity contribution in [1.29, 1.82) is 0 Å². The first-order valence-electron chi connectivity index (χ1n) is 5.44. The highest BCUT2D eigenvalue weighted by Gasteiger charge is 2.16. The third kappa shape index (κ3) is 2.43. The number of anilines is 1. The quantitative estimate of drug-likeness (QED) is 0.871. The molecule has 18 heavy (non-hydrogen) atoms. The van der Waals surface area contributed by atoms with Gasteiger partial charge in [0.15, 0.2) is 0 Å². The first kappa shape index (κ1) is 12.0. The van der Waals surface area contributed by atoms with Gasteiger partial charge in [-0.05, 0) is 24.3 Å². The van der Waals surface area contributed by atoms with Crippen molar-refractivity contribution < 1.29 is 14.6 Å². The SMILES string of the molecule is COc1cccc(O)c1C(=O)Nc1ccccc1. The smallest absolute Gasteiger partial charge is 0.263 e. The predicted molar refractivity (Wildman–Crippen MR) is 69.1 cm³/mol. The summed E-state index contributed by atoms with van der Waals surface area (Å²) in [7, 11) is 1.45. The van der Waals surface area contributed by atoms with Gasteiger partial charge in [-0.15, -0.1) is 0 Å². The van der Waals surface area contributed by atoms with Crippen LogP contribution in [0.4, 0.5) is 5.69 Å². The summed E-state index contributed by atoms with van der Waals surface area (Å²) in [5.41, 5.74) is 0.789. The fourth-order valence-corrected chi connectivity index (χ4v) is 1.63. The molecule has 1 amide bonds. The zero-order valence-electron chi connectivity index (χ0n) is 9.88. The van der Waals surface area contributed by atoms with Crippen molar-refractivity contribution in [2.24, 2.45) is 0 Å². The molecule has 0 spiro atoms. The molecule has 0 heterocycles. The number of hydrogen-bond acceptors (Lipinski definition) is 3. The van der Waals surface area contributed by atoms with Gasteiger partial charge in [0.05, 0.1) is 7.11 Å². The Morgan fingerprint density at radius 2 is 1.83 bits per heavy atom. The molecule has 0 bridgehead atoms. The van der Waals surface area contributed by atoms with Crippen LogP contribution in [-0.2, 0) is 0 Å². The van der Waals surface area contributed by atoms with Crippen LogP contribution in [-0.4, -0.2) is 18.1 Å². The summed E-state index contributed by atoms with van der Waals surface area (Å²) in [6.45, 7) is 0. The highest BCUT2D eigenvalue weighted by molar-refractivity contribution is 6.08. The van der Waals surface area contributed by atoms with E-state index >= 15 is 0 Å². The minimum Gasteiger partial charge on any atom is -0.507 e. The first-order chi connectivity index (χ1) is 8.72. The van der Waals surface area contributed by atoms with E-state index in [0.29, 0.717) is 11.4 Å². The number of para-hydroxylation sites is 1. The second-order valence-electron chi connectivity index (χ2n) is 3.67. The Morgan fingerprint density at radius 3 is 2.50 bits per heavy atom. The second-order valence-corrected chi connectivity index (χ2v) is 3.67. The van der Waals surface area contributed by atoms with Crippen LogP contribution in [0.15, 0.2) is 48.5 Å². The molecule has 0 aliphatic heterocycles. The first-order valence-corrected chi connectivity index (χ1v) is 5.44. The van der Waals surface area contributed by atoms with Gasteiger partial charge in [-0.25, -0.2) is 0 Å². The number of carbonyl (C=O) groups excluding carboxylic acids is 1. The molecule has 0 aromatic heterocycles. The summed E-state index contributed by atoms with van der Waals surface area (Å²) < 4.78 is 5.06. The number of aromatic hydroxyl groups is 1. The maximum Gasteiger partial charge on any atom is 0.263 e. The number of phenols is 1. The number of methoxy groups -OCH3 is 1. The average molecular weight is 243 g/mol. The van der Waals surface area contributed by atoms with E-state index in [1.165, 1.54) is 13.2 Å². The number of hydrogen-bond donors (Lipinski definition) is 2. The Bertz CT molecular complexity index is 552. The van der Waals surface area contributed by atoms with Gasteiger partial charge in [-0.2, -0.15) is 0 Å². The number of amides is 1. The molecule has 2 aromatic rings. The van der Waals surface area contributed by atoms with Gasteiger partial charge in [0, 0.05) is 5.69 Å². The molecule has 0 aliphatic carbocycles. The van der Waals surface area contributed by atoms with Gasteiger partial charge < -0.3 is 15.2 Å². The number of carbonyl (C=O) groups is 1. The summed E-state index contributed by atoms with van der Waals surface area (Å²) in [6.07, 6.45) is 0. The Kier molecular flexibility index (Phi) is 3.48. The zero-order valence-corrected chi connectivity index (χ0v) is 9.88. The maximum atomic E-state index is 12.1. The van der Waals surface area contributed by atoms with Crippen LogP contribution in [0.2, 0.25) is 0 Å². The minimum absolute atomic E-state index is 0.109. The van der Waals surface area contributed by atoms with Crippen LogP contribution >= 0.6 is 0 Å². The molecule has 0 saturated carbocycles. The fraction of sp³-hybridized carbons (Fsp3) is 0.0714. The van der Waals surface area contributed by atoms with Crippen LogP contribution in [0.3, 0.4) is 0 Å². The van der Waals surface area contributed by atoms with E-state index in [2.05, 4.69) is 5.32 Å². The summed E-state index contributed by atoms with van der Waals surface area (Å²) in [5.74, 6) is -0.178. The van der Waals surface area contributed by atoms with Crippen LogP contribution < -0.4 is 10.1 Å². The van der Waals surface area contributed by atoms with Crippen LogP contribution in [0.5, 0.6) is 11.5 Å². The molecule has 4 heteroatoms. The Hall–Kier alpha value is -2.49. The van der Waals surface area contributed by atoms with Crippen molar-refractivity contribution in [3.63, 3.8) is 0 Å². The molecule has 0 atom stereocenters. The lowest BCUT2D eigenvalue weighted by Gasteiger charge is -2.10. The Balaban J connectivity index is 2.29. The molecule has 0 fully saturated rings. The lowest BCUT2D eigenvalue weighted by molar-refractivity contribution is 0.102. The third-order valence-corrected chi connectivity index (χ3v) is 2.48. The van der Waals surface area contributed by atoms with Crippen molar-refractivity contribution in [2.45, 2.75) is 0 Å². The lowest BCUT2D eigenvalue weighted by Crippen LogP contribution is -2.13. The van der Waals surface area contributed by atoms with Crippen LogP contribution in [0, 0.1) is 0 Å². The van der Waals surface area contributed by atoms with Gasteiger partial charge in [-0.3, -0.25) is 4.79 Å². The van der Waals surface area contributed by atoms with Crippen molar-refractivity contribution in [2.75, 3.05) is 12.4 Å². The summed E-state index contributed by atoms with van der Waals surface area (Å²) in [6, 6.07) is 13.7. The molecular formula is C14H13NO3. The topological polar surface area (TPSA) is 58.6 Å². The second kappa shape index (κ2) is 5.23. The predicted octanol–water partition coefficient (Wildman–Crippen LogP) is 2.65. The van der Waals surface area contributed by atoms with Crippen LogP contribution in [0.25, 0.3) is 0 Å². The molecule has 0 aliphatic rings. The third-order valence-electron chi connectivity index (χ3n) is 2.48. The van der Waals surface area contributed by atoms with E-state index < -0.39 is 5.91 Å². The zero-order chi connectivity index (χ0) is 13.0. The molecule has 2 rings (SSSR count). The highest BCUT2D eigenvalue weighted by Crippen LogP contribution is 2.27. The highest BCUT2D eigenvalue weighted by atomic mass is 16.5. The minimum atomic E-state index is -0.406. The van der Waals surface area contributed by atoms with Crippen molar-refractivity contribution in [3.8, 4) is 11.5 Å². The number of benzene rings is 2. The monoisotopic (exact) mass is 243 g/mol. The summed E-state index contributed by atoms with van der Waals surface area (Å²) >= 11 is 0. The largest absolute Gasteiger partial charge is 0.507 e. The van der Waals surface area contributed by atoms with Crippen molar-refractivity contribution in [3.05, 3.63) is 54.1 Å². The molecule has 0 unspecified atom stereocenters. The standard InChI is InChI=1S/C14H13NO3/c1-18-12-9-5-8-11(16)13(12)14(17)15-10-6-3-2-4-7-10/h2-9,16H,1H3,(H,15,17). The van der Waals surface area contributed by atoms with Gasteiger partial charge in [0.1, 0.15) is 17.1 Å². The van der Waals surface area contributed by atoms with E-state index in [9.17, 15) is 9.90 Å². The Morgan fingerprint density at radius 1 is 1.11 bits per heavy atom. The maximum absolute atomic E-state index is 12.1. The number of rotatable bonds is 3. The van der Waals surface area contributed by atoms with Gasteiger partial charge in [0.2, 0.25) is 0 Å². The number of ether oxygens (including phenoxy) is 1. The number of phenolic OH excluding ortho intramolecular Hbond substituents is 1. The van der Waals surface area contributed by atoms with E-state index in [1.807, 2.05) is 18.2 Å². The average Bonchev–Trinajstić information content (AvgIpc) is 2.39. The molecule has 4 nitrogen and oxygen atoms in total. The normalized spacial score (nSPS) is 9.83. The molecule has 2 N–H and O–H groups in total. The summed E-state index contributed by atoms with van der Waals surface area (Å²) in [5, 5.41) is 12.4. The Labute approximate surface area is 105 Å². The van der Waals surface area contributed by atoms with E-state index in [-0.39, 0.29) is 11.3 Å². The molecule has 2 aromatic carbocycles.